The lowest BCUT2D eigenvalue weighted by Crippen LogP contribution is -2.47. The van der Waals surface area contributed by atoms with Gasteiger partial charge in [0.2, 0.25) is 0 Å². The number of rotatable bonds is 2. The number of carbonyl (C=O) groups excluding carboxylic acids is 1. The maximum Gasteiger partial charge on any atom is 0.274 e. The van der Waals surface area contributed by atoms with Gasteiger partial charge in [-0.25, -0.2) is 0 Å². The Kier molecular flexibility index (Phi) is 3.56. The molecular weight excluding hydrogens is 230 g/mol. The van der Waals surface area contributed by atoms with Crippen molar-refractivity contribution in [3.8, 4) is 0 Å². The Morgan fingerprint density at radius 2 is 1.94 bits per heavy atom. The van der Waals surface area contributed by atoms with Gasteiger partial charge < -0.3 is 15.5 Å². The Hall–Kier alpha value is -1.56. The second-order valence-electron chi connectivity index (χ2n) is 4.76. The fourth-order valence-electron chi connectivity index (χ4n) is 2.21. The molecule has 18 heavy (non-hydrogen) atoms. The summed E-state index contributed by atoms with van der Waals surface area (Å²) in [7, 11) is 2.07. The van der Waals surface area contributed by atoms with E-state index in [1.165, 1.54) is 0 Å². The Bertz CT molecular complexity index is 446. The van der Waals surface area contributed by atoms with Crippen LogP contribution in [-0.2, 0) is 6.54 Å². The highest BCUT2D eigenvalue weighted by atomic mass is 16.2. The number of nitrogens with zero attached hydrogens (tertiary/aromatic N) is 4. The van der Waals surface area contributed by atoms with Crippen LogP contribution in [-0.4, -0.2) is 58.7 Å². The van der Waals surface area contributed by atoms with Crippen molar-refractivity contribution in [1.29, 1.82) is 0 Å². The summed E-state index contributed by atoms with van der Waals surface area (Å²) < 4.78 is 1.70. The number of aromatic nitrogens is 2. The second kappa shape index (κ2) is 4.97. The maximum atomic E-state index is 12.5. The van der Waals surface area contributed by atoms with Gasteiger partial charge in [-0.15, -0.1) is 0 Å². The second-order valence-corrected chi connectivity index (χ2v) is 4.76. The molecule has 0 aliphatic carbocycles. The predicted molar refractivity (Wildman–Crippen MR) is 70.5 cm³/mol. The lowest BCUT2D eigenvalue weighted by atomic mass is 10.2. The highest BCUT2D eigenvalue weighted by Crippen LogP contribution is 2.19. The number of likely N-dealkylation sites (N-methyl/N-ethyl adjacent to an activating group) is 1. The summed E-state index contributed by atoms with van der Waals surface area (Å²) in [6.45, 7) is 7.78. The van der Waals surface area contributed by atoms with E-state index in [1.807, 2.05) is 18.7 Å². The molecule has 100 valence electrons. The number of aryl methyl sites for hydroxylation is 2. The summed E-state index contributed by atoms with van der Waals surface area (Å²) in [6, 6.07) is 0. The number of nitrogens with two attached hydrogens (primary N) is 1. The van der Waals surface area contributed by atoms with E-state index in [-0.39, 0.29) is 5.91 Å². The molecule has 1 aliphatic heterocycles. The third kappa shape index (κ3) is 2.20. The molecule has 1 aromatic heterocycles. The van der Waals surface area contributed by atoms with E-state index >= 15 is 0 Å². The average Bonchev–Trinajstić information content (AvgIpc) is 2.65. The van der Waals surface area contributed by atoms with Crippen molar-refractivity contribution in [1.82, 2.24) is 19.6 Å². The van der Waals surface area contributed by atoms with Gasteiger partial charge in [-0.1, -0.05) is 0 Å². The monoisotopic (exact) mass is 251 g/mol. The minimum atomic E-state index is 0.00282. The lowest BCUT2D eigenvalue weighted by Gasteiger charge is -2.32. The quantitative estimate of drug-likeness (QED) is 0.814. The van der Waals surface area contributed by atoms with E-state index in [2.05, 4.69) is 17.0 Å². The summed E-state index contributed by atoms with van der Waals surface area (Å²) in [5.74, 6) is 0.00282. The number of piperazine rings is 1. The van der Waals surface area contributed by atoms with Gasteiger partial charge in [0.25, 0.3) is 5.91 Å². The zero-order valence-electron chi connectivity index (χ0n) is 11.3. The SMILES string of the molecule is CCn1nc(C)c(N)c1C(=O)N1CCN(C)CC1. The summed E-state index contributed by atoms with van der Waals surface area (Å²) in [5, 5.41) is 4.29. The smallest absolute Gasteiger partial charge is 0.274 e. The first-order chi connectivity index (χ1) is 8.54. The first-order valence-electron chi connectivity index (χ1n) is 6.35. The topological polar surface area (TPSA) is 67.4 Å². The number of amides is 1. The van der Waals surface area contributed by atoms with Crippen molar-refractivity contribution < 1.29 is 4.79 Å². The van der Waals surface area contributed by atoms with E-state index in [1.54, 1.807) is 4.68 Å². The van der Waals surface area contributed by atoms with E-state index in [9.17, 15) is 4.79 Å². The summed E-state index contributed by atoms with van der Waals surface area (Å²) in [4.78, 5) is 16.6. The van der Waals surface area contributed by atoms with Gasteiger partial charge in [-0.2, -0.15) is 5.10 Å². The lowest BCUT2D eigenvalue weighted by molar-refractivity contribution is 0.0653. The highest BCUT2D eigenvalue weighted by molar-refractivity contribution is 5.98. The van der Waals surface area contributed by atoms with Gasteiger partial charge in [0.05, 0.1) is 11.4 Å². The number of anilines is 1. The molecule has 0 saturated carbocycles. The Balaban J connectivity index is 2.23. The molecule has 1 saturated heterocycles. The first-order valence-corrected chi connectivity index (χ1v) is 6.35. The minimum absolute atomic E-state index is 0.00282. The van der Waals surface area contributed by atoms with Crippen LogP contribution < -0.4 is 5.73 Å². The molecule has 6 nitrogen and oxygen atoms in total. The molecular formula is C12H21N5O. The van der Waals surface area contributed by atoms with E-state index in [0.717, 1.165) is 31.9 Å². The molecule has 1 aromatic rings. The van der Waals surface area contributed by atoms with Gasteiger partial charge in [-0.05, 0) is 20.9 Å². The van der Waals surface area contributed by atoms with Crippen LogP contribution in [0.4, 0.5) is 5.69 Å². The molecule has 0 radical (unpaired) electrons. The van der Waals surface area contributed by atoms with Crippen LogP contribution in [0.25, 0.3) is 0 Å². The zero-order chi connectivity index (χ0) is 13.3. The van der Waals surface area contributed by atoms with Gasteiger partial charge in [0.15, 0.2) is 0 Å². The standard InChI is InChI=1S/C12H21N5O/c1-4-17-11(10(13)9(2)14-17)12(18)16-7-5-15(3)6-8-16/h4-8,13H2,1-3H3. The fraction of sp³-hybridized carbons (Fsp3) is 0.667. The van der Waals surface area contributed by atoms with Crippen LogP contribution >= 0.6 is 0 Å². The van der Waals surface area contributed by atoms with Crippen LogP contribution in [0.3, 0.4) is 0 Å². The molecule has 6 heteroatoms. The largest absolute Gasteiger partial charge is 0.395 e. The van der Waals surface area contributed by atoms with Crippen molar-refractivity contribution in [2.75, 3.05) is 39.0 Å². The molecule has 2 heterocycles. The molecule has 1 fully saturated rings. The molecule has 1 amide bonds. The predicted octanol–water partition coefficient (Wildman–Crippen LogP) is 0.181. The summed E-state index contributed by atoms with van der Waals surface area (Å²) >= 11 is 0. The number of hydrogen-bond donors (Lipinski definition) is 1. The van der Waals surface area contributed by atoms with Crippen LogP contribution in [0.1, 0.15) is 23.1 Å². The zero-order valence-corrected chi connectivity index (χ0v) is 11.3. The van der Waals surface area contributed by atoms with E-state index in [4.69, 9.17) is 5.73 Å². The highest BCUT2D eigenvalue weighted by Gasteiger charge is 2.26. The molecule has 0 bridgehead atoms. The average molecular weight is 251 g/mol. The fourth-order valence-corrected chi connectivity index (χ4v) is 2.21. The number of nitrogen functional groups attached to an aromatic ring is 1. The molecule has 0 atom stereocenters. The maximum absolute atomic E-state index is 12.5. The molecule has 2 rings (SSSR count). The van der Waals surface area contributed by atoms with Crippen molar-refractivity contribution in [2.45, 2.75) is 20.4 Å². The van der Waals surface area contributed by atoms with Crippen molar-refractivity contribution in [3.63, 3.8) is 0 Å². The summed E-state index contributed by atoms with van der Waals surface area (Å²) in [6.07, 6.45) is 0. The number of carbonyl (C=O) groups is 1. The van der Waals surface area contributed by atoms with Gasteiger partial charge >= 0.3 is 0 Å². The van der Waals surface area contributed by atoms with Crippen LogP contribution in [0.2, 0.25) is 0 Å². The molecule has 1 aliphatic rings. The molecule has 2 N–H and O–H groups in total. The number of hydrogen-bond acceptors (Lipinski definition) is 4. The van der Waals surface area contributed by atoms with Gasteiger partial charge in [-0.3, -0.25) is 9.48 Å². The van der Waals surface area contributed by atoms with Crippen molar-refractivity contribution >= 4 is 11.6 Å². The minimum Gasteiger partial charge on any atom is -0.395 e. The third-order valence-electron chi connectivity index (χ3n) is 3.47. The van der Waals surface area contributed by atoms with Crippen LogP contribution in [0, 0.1) is 6.92 Å². The van der Waals surface area contributed by atoms with Crippen LogP contribution in [0.15, 0.2) is 0 Å². The van der Waals surface area contributed by atoms with Gasteiger partial charge in [0.1, 0.15) is 5.69 Å². The Morgan fingerprint density at radius 3 is 2.50 bits per heavy atom. The first kappa shape index (κ1) is 12.9. The van der Waals surface area contributed by atoms with Crippen LogP contribution in [0.5, 0.6) is 0 Å². The normalized spacial score (nSPS) is 17.2. The molecule has 0 aromatic carbocycles. The Labute approximate surface area is 107 Å². The van der Waals surface area contributed by atoms with Crippen molar-refractivity contribution in [3.05, 3.63) is 11.4 Å². The molecule has 0 unspecified atom stereocenters. The Morgan fingerprint density at radius 1 is 1.33 bits per heavy atom. The summed E-state index contributed by atoms with van der Waals surface area (Å²) in [5.41, 5.74) is 7.76. The van der Waals surface area contributed by atoms with Gasteiger partial charge in [0, 0.05) is 32.7 Å². The molecule has 0 spiro atoms. The van der Waals surface area contributed by atoms with Crippen molar-refractivity contribution in [2.24, 2.45) is 0 Å². The third-order valence-corrected chi connectivity index (χ3v) is 3.47. The van der Waals surface area contributed by atoms with E-state index in [0.29, 0.717) is 17.9 Å². The van der Waals surface area contributed by atoms with E-state index < -0.39 is 0 Å².